The van der Waals surface area contributed by atoms with Crippen LogP contribution in [0.4, 0.5) is 0 Å². The average molecular weight is 238 g/mol. The zero-order chi connectivity index (χ0) is 11.4. The van der Waals surface area contributed by atoms with E-state index in [1.54, 1.807) is 0 Å². The molecule has 1 nitrogen and oxygen atoms in total. The number of hydrogen-bond acceptors (Lipinski definition) is 1. The summed E-state index contributed by atoms with van der Waals surface area (Å²) in [5, 5.41) is 0.801. The van der Waals surface area contributed by atoms with E-state index in [-0.39, 0.29) is 0 Å². The molecule has 1 atom stereocenters. The molecule has 1 aromatic carbocycles. The van der Waals surface area contributed by atoms with Gasteiger partial charge in [-0.3, -0.25) is 0 Å². The lowest BCUT2D eigenvalue weighted by molar-refractivity contribution is 0.303. The van der Waals surface area contributed by atoms with E-state index in [4.69, 9.17) is 17.3 Å². The molecular formula is C14H20ClN. The first-order valence-electron chi connectivity index (χ1n) is 6.26. The van der Waals surface area contributed by atoms with E-state index in [0.29, 0.717) is 6.04 Å². The minimum Gasteiger partial charge on any atom is -0.327 e. The van der Waals surface area contributed by atoms with Crippen molar-refractivity contribution in [3.8, 4) is 0 Å². The molecule has 0 amide bonds. The Morgan fingerprint density at radius 2 is 1.75 bits per heavy atom. The predicted octanol–water partition coefficient (Wildman–Crippen LogP) is 3.79. The molecular weight excluding hydrogens is 218 g/mol. The van der Waals surface area contributed by atoms with Crippen molar-refractivity contribution in [2.75, 3.05) is 0 Å². The van der Waals surface area contributed by atoms with Gasteiger partial charge in [0.25, 0.3) is 0 Å². The number of benzene rings is 1. The van der Waals surface area contributed by atoms with Gasteiger partial charge in [-0.25, -0.2) is 0 Å². The van der Waals surface area contributed by atoms with Crippen LogP contribution in [0.3, 0.4) is 0 Å². The molecule has 16 heavy (non-hydrogen) atoms. The summed E-state index contributed by atoms with van der Waals surface area (Å²) < 4.78 is 0. The summed E-state index contributed by atoms with van der Waals surface area (Å²) in [7, 11) is 0. The van der Waals surface area contributed by atoms with Gasteiger partial charge in [0.15, 0.2) is 0 Å². The third kappa shape index (κ3) is 3.23. The van der Waals surface area contributed by atoms with Crippen LogP contribution in [0.15, 0.2) is 24.3 Å². The Morgan fingerprint density at radius 3 is 2.38 bits per heavy atom. The van der Waals surface area contributed by atoms with Crippen LogP contribution in [0.5, 0.6) is 0 Å². The molecule has 0 spiro atoms. The summed E-state index contributed by atoms with van der Waals surface area (Å²) in [5.41, 5.74) is 7.59. The van der Waals surface area contributed by atoms with Gasteiger partial charge in [-0.1, -0.05) is 43.0 Å². The van der Waals surface area contributed by atoms with Crippen molar-refractivity contribution in [2.45, 2.75) is 44.6 Å². The highest BCUT2D eigenvalue weighted by Gasteiger charge is 2.20. The first-order valence-corrected chi connectivity index (χ1v) is 6.63. The quantitative estimate of drug-likeness (QED) is 0.851. The summed E-state index contributed by atoms with van der Waals surface area (Å²) >= 11 is 5.87. The van der Waals surface area contributed by atoms with Crippen molar-refractivity contribution in [1.29, 1.82) is 0 Å². The van der Waals surface area contributed by atoms with Gasteiger partial charge in [-0.05, 0) is 42.9 Å². The lowest BCUT2D eigenvalue weighted by atomic mass is 9.82. The Balaban J connectivity index is 1.90. The Bertz CT molecular complexity index is 314. The highest BCUT2D eigenvalue weighted by Crippen LogP contribution is 2.27. The second-order valence-corrected chi connectivity index (χ2v) is 5.33. The number of hydrogen-bond donors (Lipinski definition) is 1. The second kappa shape index (κ2) is 5.70. The Labute approximate surface area is 103 Å². The molecule has 1 fully saturated rings. The van der Waals surface area contributed by atoms with Gasteiger partial charge in [0.05, 0.1) is 0 Å². The highest BCUT2D eigenvalue weighted by molar-refractivity contribution is 6.30. The largest absolute Gasteiger partial charge is 0.327 e. The van der Waals surface area contributed by atoms with Crippen molar-refractivity contribution in [1.82, 2.24) is 0 Å². The van der Waals surface area contributed by atoms with Gasteiger partial charge >= 0.3 is 0 Å². The molecule has 0 aliphatic heterocycles. The summed E-state index contributed by atoms with van der Waals surface area (Å²) in [6.45, 7) is 0. The Morgan fingerprint density at radius 1 is 1.12 bits per heavy atom. The standard InChI is InChI=1S/C14H20ClN/c15-13-8-6-11(7-9-13)10-14(16)12-4-2-1-3-5-12/h6-9,12,14H,1-5,10,16H2. The monoisotopic (exact) mass is 237 g/mol. The fraction of sp³-hybridized carbons (Fsp3) is 0.571. The van der Waals surface area contributed by atoms with Gasteiger partial charge in [0, 0.05) is 11.1 Å². The summed E-state index contributed by atoms with van der Waals surface area (Å²) in [6, 6.07) is 8.40. The first kappa shape index (κ1) is 11.9. The molecule has 1 aromatic rings. The maximum atomic E-state index is 6.29. The number of nitrogens with two attached hydrogens (primary N) is 1. The fourth-order valence-electron chi connectivity index (χ4n) is 2.62. The second-order valence-electron chi connectivity index (χ2n) is 4.89. The van der Waals surface area contributed by atoms with Gasteiger partial charge in [-0.2, -0.15) is 0 Å². The lowest BCUT2D eigenvalue weighted by Crippen LogP contribution is -2.33. The van der Waals surface area contributed by atoms with E-state index in [0.717, 1.165) is 17.4 Å². The molecule has 2 N–H and O–H groups in total. The fourth-order valence-corrected chi connectivity index (χ4v) is 2.75. The smallest absolute Gasteiger partial charge is 0.0406 e. The molecule has 1 unspecified atom stereocenters. The highest BCUT2D eigenvalue weighted by atomic mass is 35.5. The molecule has 1 aliphatic rings. The zero-order valence-electron chi connectivity index (χ0n) is 9.66. The number of rotatable bonds is 3. The van der Waals surface area contributed by atoms with E-state index in [1.165, 1.54) is 37.7 Å². The van der Waals surface area contributed by atoms with E-state index < -0.39 is 0 Å². The zero-order valence-corrected chi connectivity index (χ0v) is 10.4. The Hall–Kier alpha value is -0.530. The van der Waals surface area contributed by atoms with Gasteiger partial charge in [0.2, 0.25) is 0 Å². The Kier molecular flexibility index (Phi) is 4.25. The average Bonchev–Trinajstić information content (AvgIpc) is 2.33. The van der Waals surface area contributed by atoms with Gasteiger partial charge in [-0.15, -0.1) is 0 Å². The van der Waals surface area contributed by atoms with Crippen LogP contribution in [0.1, 0.15) is 37.7 Å². The van der Waals surface area contributed by atoms with Crippen molar-refractivity contribution in [2.24, 2.45) is 11.7 Å². The van der Waals surface area contributed by atoms with Crippen molar-refractivity contribution < 1.29 is 0 Å². The summed E-state index contributed by atoms with van der Waals surface area (Å²) in [6.07, 6.45) is 7.73. The molecule has 0 saturated heterocycles. The van der Waals surface area contributed by atoms with Crippen LogP contribution in [-0.2, 0) is 6.42 Å². The normalized spacial score (nSPS) is 19.6. The minimum absolute atomic E-state index is 0.321. The molecule has 0 heterocycles. The third-order valence-electron chi connectivity index (χ3n) is 3.64. The molecule has 0 radical (unpaired) electrons. The van der Waals surface area contributed by atoms with Crippen LogP contribution in [-0.4, -0.2) is 6.04 Å². The minimum atomic E-state index is 0.321. The molecule has 2 heteroatoms. The van der Waals surface area contributed by atoms with E-state index in [2.05, 4.69) is 12.1 Å². The summed E-state index contributed by atoms with van der Waals surface area (Å²) in [4.78, 5) is 0. The maximum Gasteiger partial charge on any atom is 0.0406 e. The van der Waals surface area contributed by atoms with Crippen molar-refractivity contribution in [3.63, 3.8) is 0 Å². The molecule has 2 rings (SSSR count). The van der Waals surface area contributed by atoms with E-state index >= 15 is 0 Å². The van der Waals surface area contributed by atoms with E-state index in [9.17, 15) is 0 Å². The molecule has 88 valence electrons. The lowest BCUT2D eigenvalue weighted by Gasteiger charge is -2.27. The molecule has 0 bridgehead atoms. The topological polar surface area (TPSA) is 26.0 Å². The molecule has 1 saturated carbocycles. The first-order chi connectivity index (χ1) is 7.75. The predicted molar refractivity (Wildman–Crippen MR) is 69.7 cm³/mol. The van der Waals surface area contributed by atoms with Gasteiger partial charge in [0.1, 0.15) is 0 Å². The molecule has 1 aliphatic carbocycles. The van der Waals surface area contributed by atoms with Crippen LogP contribution in [0.2, 0.25) is 5.02 Å². The summed E-state index contributed by atoms with van der Waals surface area (Å²) in [5.74, 6) is 0.726. The van der Waals surface area contributed by atoms with Crippen molar-refractivity contribution >= 4 is 11.6 Å². The number of halogens is 1. The SMILES string of the molecule is NC(Cc1ccc(Cl)cc1)C1CCCCC1. The van der Waals surface area contributed by atoms with Crippen LogP contribution in [0, 0.1) is 5.92 Å². The van der Waals surface area contributed by atoms with E-state index in [1.807, 2.05) is 12.1 Å². The van der Waals surface area contributed by atoms with Crippen LogP contribution >= 0.6 is 11.6 Å². The van der Waals surface area contributed by atoms with Crippen LogP contribution in [0.25, 0.3) is 0 Å². The van der Waals surface area contributed by atoms with Gasteiger partial charge < -0.3 is 5.73 Å². The maximum absolute atomic E-state index is 6.29. The third-order valence-corrected chi connectivity index (χ3v) is 3.89. The molecule has 0 aromatic heterocycles. The van der Waals surface area contributed by atoms with Crippen molar-refractivity contribution in [3.05, 3.63) is 34.9 Å². The van der Waals surface area contributed by atoms with Crippen LogP contribution < -0.4 is 5.73 Å².